The van der Waals surface area contributed by atoms with Gasteiger partial charge in [0.15, 0.2) is 0 Å². The summed E-state index contributed by atoms with van der Waals surface area (Å²) in [5, 5.41) is 24.4. The number of allylic oxidation sites excluding steroid dienone is 5. The van der Waals surface area contributed by atoms with E-state index in [4.69, 9.17) is 0 Å². The molecule has 0 heterocycles. The van der Waals surface area contributed by atoms with Gasteiger partial charge in [-0.05, 0) is 68.9 Å². The van der Waals surface area contributed by atoms with Crippen molar-refractivity contribution in [1.82, 2.24) is 0 Å². The van der Waals surface area contributed by atoms with Gasteiger partial charge in [-0.1, -0.05) is 92.2 Å². The van der Waals surface area contributed by atoms with E-state index in [-0.39, 0.29) is 11.8 Å². The Hall–Kier alpha value is -3.78. The van der Waals surface area contributed by atoms with E-state index in [1.54, 1.807) is 18.2 Å². The Morgan fingerprint density at radius 2 is 1.24 bits per heavy atom. The Bertz CT molecular complexity index is 1420. The second-order valence-electron chi connectivity index (χ2n) is 9.00. The summed E-state index contributed by atoms with van der Waals surface area (Å²) in [5.41, 5.74) is 5.04. The number of hydrogen-bond donors (Lipinski definition) is 2. The molecule has 2 nitrogen and oxygen atoms in total. The van der Waals surface area contributed by atoms with Crippen LogP contribution in [0.3, 0.4) is 0 Å². The molecule has 5 rings (SSSR count). The first-order chi connectivity index (χ1) is 16.0. The number of hydrogen-bond acceptors (Lipinski definition) is 2. The normalized spacial score (nSPS) is 15.7. The van der Waals surface area contributed by atoms with Crippen LogP contribution in [-0.4, -0.2) is 10.2 Å². The molecule has 0 aliphatic heterocycles. The summed E-state index contributed by atoms with van der Waals surface area (Å²) in [6.45, 7) is 4.43. The van der Waals surface area contributed by atoms with Gasteiger partial charge in [-0.3, -0.25) is 0 Å². The summed E-state index contributed by atoms with van der Waals surface area (Å²) < 4.78 is 0. The number of phenols is 1. The molecule has 2 heteroatoms. The standard InChI is InChI=1S/C31H28O2/c1-20(22-4-3-5-28(32)13-8-22)24-11-16-30-26(18-24)6-7-27-19-25(12-17-31(27)30)21(2)23-9-14-29(33)15-10-23/h3-7,9-21,32-33H,8H2,1-2H3. The van der Waals surface area contributed by atoms with Crippen LogP contribution in [0.15, 0.2) is 108 Å². The Kier molecular flexibility index (Phi) is 5.51. The van der Waals surface area contributed by atoms with Crippen LogP contribution in [0.1, 0.15) is 48.8 Å². The highest BCUT2D eigenvalue weighted by molar-refractivity contribution is 6.07. The maximum Gasteiger partial charge on any atom is 0.115 e. The van der Waals surface area contributed by atoms with E-state index in [2.05, 4.69) is 68.5 Å². The largest absolute Gasteiger partial charge is 0.508 e. The van der Waals surface area contributed by atoms with Gasteiger partial charge in [-0.25, -0.2) is 0 Å². The number of aromatic hydroxyl groups is 1. The van der Waals surface area contributed by atoms with Gasteiger partial charge in [0, 0.05) is 11.8 Å². The first-order valence-corrected chi connectivity index (χ1v) is 11.5. The Balaban J connectivity index is 1.48. The van der Waals surface area contributed by atoms with E-state index >= 15 is 0 Å². The number of phenolic OH excluding ortho intramolecular Hbond substituents is 1. The van der Waals surface area contributed by atoms with Crippen molar-refractivity contribution in [2.24, 2.45) is 0 Å². The highest BCUT2D eigenvalue weighted by Crippen LogP contribution is 2.34. The zero-order valence-electron chi connectivity index (χ0n) is 19.0. The molecule has 0 bridgehead atoms. The van der Waals surface area contributed by atoms with Crippen LogP contribution >= 0.6 is 0 Å². The minimum Gasteiger partial charge on any atom is -0.508 e. The average Bonchev–Trinajstić information content (AvgIpc) is 3.07. The summed E-state index contributed by atoms with van der Waals surface area (Å²) in [4.78, 5) is 0. The molecule has 1 aliphatic carbocycles. The maximum atomic E-state index is 9.76. The van der Waals surface area contributed by atoms with Crippen molar-refractivity contribution in [1.29, 1.82) is 0 Å². The highest BCUT2D eigenvalue weighted by Gasteiger charge is 2.14. The molecule has 0 saturated carbocycles. The molecule has 164 valence electrons. The minimum atomic E-state index is 0.254. The van der Waals surface area contributed by atoms with Crippen molar-refractivity contribution in [3.63, 3.8) is 0 Å². The Morgan fingerprint density at radius 3 is 1.88 bits per heavy atom. The molecular weight excluding hydrogens is 404 g/mol. The zero-order chi connectivity index (χ0) is 22.9. The summed E-state index contributed by atoms with van der Waals surface area (Å²) in [5.74, 6) is 1.17. The molecule has 2 atom stereocenters. The van der Waals surface area contributed by atoms with E-state index in [0.717, 1.165) is 6.42 Å². The molecular formula is C31H28O2. The average molecular weight is 433 g/mol. The molecule has 0 fully saturated rings. The molecule has 0 spiro atoms. The van der Waals surface area contributed by atoms with Crippen LogP contribution in [0.2, 0.25) is 0 Å². The molecule has 0 saturated heterocycles. The summed E-state index contributed by atoms with van der Waals surface area (Å²) in [6, 6.07) is 25.4. The fourth-order valence-electron chi connectivity index (χ4n) is 4.77. The van der Waals surface area contributed by atoms with E-state index in [9.17, 15) is 10.2 Å². The van der Waals surface area contributed by atoms with Crippen LogP contribution in [0.25, 0.3) is 21.5 Å². The van der Waals surface area contributed by atoms with Crippen molar-refractivity contribution in [3.05, 3.63) is 125 Å². The van der Waals surface area contributed by atoms with E-state index in [0.29, 0.717) is 11.5 Å². The van der Waals surface area contributed by atoms with Crippen LogP contribution in [-0.2, 0) is 0 Å². The maximum absolute atomic E-state index is 9.76. The second-order valence-corrected chi connectivity index (χ2v) is 9.00. The number of fused-ring (bicyclic) bond motifs is 3. The van der Waals surface area contributed by atoms with E-state index in [1.807, 2.05) is 24.3 Å². The molecule has 0 aromatic heterocycles. The number of rotatable bonds is 4. The first kappa shape index (κ1) is 21.1. The fourth-order valence-corrected chi connectivity index (χ4v) is 4.77. The van der Waals surface area contributed by atoms with Gasteiger partial charge in [-0.15, -0.1) is 0 Å². The van der Waals surface area contributed by atoms with Gasteiger partial charge in [0.05, 0.1) is 0 Å². The lowest BCUT2D eigenvalue weighted by molar-refractivity contribution is 0.430. The molecule has 1 aliphatic rings. The fraction of sp³-hybridized carbons (Fsp3) is 0.161. The van der Waals surface area contributed by atoms with Crippen molar-refractivity contribution in [3.8, 4) is 5.75 Å². The van der Waals surface area contributed by atoms with E-state index in [1.165, 1.54) is 43.8 Å². The van der Waals surface area contributed by atoms with Gasteiger partial charge >= 0.3 is 0 Å². The highest BCUT2D eigenvalue weighted by atomic mass is 16.3. The van der Waals surface area contributed by atoms with Crippen LogP contribution < -0.4 is 0 Å². The smallest absolute Gasteiger partial charge is 0.115 e. The predicted octanol–water partition coefficient (Wildman–Crippen LogP) is 8.28. The van der Waals surface area contributed by atoms with Gasteiger partial charge in [0.25, 0.3) is 0 Å². The third-order valence-electron chi connectivity index (χ3n) is 6.96. The van der Waals surface area contributed by atoms with Gasteiger partial charge in [0.1, 0.15) is 11.5 Å². The zero-order valence-corrected chi connectivity index (χ0v) is 19.0. The van der Waals surface area contributed by atoms with Gasteiger partial charge < -0.3 is 10.2 Å². The number of aliphatic hydroxyl groups is 1. The molecule has 0 radical (unpaired) electrons. The summed E-state index contributed by atoms with van der Waals surface area (Å²) in [7, 11) is 0. The first-order valence-electron chi connectivity index (χ1n) is 11.5. The predicted molar refractivity (Wildman–Crippen MR) is 138 cm³/mol. The number of benzene rings is 4. The number of aliphatic hydroxyl groups excluding tert-OH is 1. The quantitative estimate of drug-likeness (QED) is 0.319. The van der Waals surface area contributed by atoms with Crippen LogP contribution in [0.5, 0.6) is 5.75 Å². The SMILES string of the molecule is CC(C1=CC=CC(O)=CC1)c1ccc2c(ccc3cc(C(C)c4ccc(O)cc4)ccc32)c1. The van der Waals surface area contributed by atoms with Gasteiger partial charge in [-0.2, -0.15) is 0 Å². The van der Waals surface area contributed by atoms with E-state index < -0.39 is 0 Å². The lowest BCUT2D eigenvalue weighted by Crippen LogP contribution is -1.98. The van der Waals surface area contributed by atoms with Crippen molar-refractivity contribution in [2.75, 3.05) is 0 Å². The summed E-state index contributed by atoms with van der Waals surface area (Å²) >= 11 is 0. The summed E-state index contributed by atoms with van der Waals surface area (Å²) in [6.07, 6.45) is 8.42. The molecule has 33 heavy (non-hydrogen) atoms. The topological polar surface area (TPSA) is 40.5 Å². The van der Waals surface area contributed by atoms with Crippen LogP contribution in [0.4, 0.5) is 0 Å². The van der Waals surface area contributed by atoms with Gasteiger partial charge in [0.2, 0.25) is 0 Å². The van der Waals surface area contributed by atoms with Crippen molar-refractivity contribution >= 4 is 21.5 Å². The lowest BCUT2D eigenvalue weighted by Gasteiger charge is -2.17. The lowest BCUT2D eigenvalue weighted by atomic mass is 9.87. The Morgan fingerprint density at radius 1 is 0.667 bits per heavy atom. The minimum absolute atomic E-state index is 0.254. The molecule has 4 aromatic carbocycles. The third kappa shape index (κ3) is 4.17. The van der Waals surface area contributed by atoms with Crippen molar-refractivity contribution < 1.29 is 10.2 Å². The Labute approximate surface area is 194 Å². The van der Waals surface area contributed by atoms with Crippen molar-refractivity contribution in [2.45, 2.75) is 32.1 Å². The monoisotopic (exact) mass is 432 g/mol. The molecule has 0 amide bonds. The van der Waals surface area contributed by atoms with Crippen LogP contribution in [0, 0.1) is 0 Å². The molecule has 4 aromatic rings. The molecule has 2 N–H and O–H groups in total. The third-order valence-corrected chi connectivity index (χ3v) is 6.96. The second kappa shape index (κ2) is 8.63. The molecule has 2 unspecified atom stereocenters.